The maximum atomic E-state index is 12.6. The van der Waals surface area contributed by atoms with E-state index in [9.17, 15) is 4.79 Å². The molecule has 1 amide bonds. The molecule has 2 fully saturated rings. The molecule has 0 spiro atoms. The number of likely N-dealkylation sites (tertiary alicyclic amines) is 2. The minimum absolute atomic E-state index is 0.339. The Hall–Kier alpha value is -2.33. The van der Waals surface area contributed by atoms with Gasteiger partial charge in [0.05, 0.1) is 7.11 Å². The van der Waals surface area contributed by atoms with Crippen LogP contribution in [0, 0.1) is 5.92 Å². The highest BCUT2D eigenvalue weighted by atomic mass is 16.5. The zero-order chi connectivity index (χ0) is 19.3. The Morgan fingerprint density at radius 3 is 2.54 bits per heavy atom. The first-order valence-corrected chi connectivity index (χ1v) is 10.4. The van der Waals surface area contributed by atoms with Crippen LogP contribution in [0.2, 0.25) is 0 Å². The molecular weight excluding hydrogens is 348 g/mol. The van der Waals surface area contributed by atoms with Crippen molar-refractivity contribution in [2.75, 3.05) is 26.7 Å². The Balaban J connectivity index is 1.35. The van der Waals surface area contributed by atoms with Crippen molar-refractivity contribution in [2.45, 2.75) is 38.3 Å². The first kappa shape index (κ1) is 19.0. The Morgan fingerprint density at radius 2 is 1.79 bits per heavy atom. The number of rotatable bonds is 6. The summed E-state index contributed by atoms with van der Waals surface area (Å²) in [6.07, 6.45) is 3.73. The molecule has 2 atom stereocenters. The second-order valence-electron chi connectivity index (χ2n) is 8.06. The van der Waals surface area contributed by atoms with Crippen molar-refractivity contribution >= 4 is 5.91 Å². The van der Waals surface area contributed by atoms with Crippen molar-refractivity contribution in [1.29, 1.82) is 0 Å². The summed E-state index contributed by atoms with van der Waals surface area (Å²) in [6, 6.07) is 19.3. The molecule has 2 heterocycles. The molecule has 0 unspecified atom stereocenters. The largest absolute Gasteiger partial charge is 0.497 e. The average Bonchev–Trinajstić information content (AvgIpc) is 2.74. The van der Waals surface area contributed by atoms with Crippen molar-refractivity contribution in [1.82, 2.24) is 9.80 Å². The highest BCUT2D eigenvalue weighted by Crippen LogP contribution is 2.32. The summed E-state index contributed by atoms with van der Waals surface area (Å²) in [5, 5.41) is 0. The third-order valence-electron chi connectivity index (χ3n) is 6.28. The Labute approximate surface area is 168 Å². The van der Waals surface area contributed by atoms with Gasteiger partial charge in [0.25, 0.3) is 0 Å². The molecule has 4 heteroatoms. The summed E-state index contributed by atoms with van der Waals surface area (Å²) < 4.78 is 5.23. The number of nitrogens with zero attached hydrogens (tertiary/aromatic N) is 2. The van der Waals surface area contributed by atoms with Gasteiger partial charge in [0.2, 0.25) is 5.91 Å². The predicted octanol–water partition coefficient (Wildman–Crippen LogP) is 3.75. The molecular formula is C24H30N2O2. The SMILES string of the molecule is COc1ccc(CCN2C(=O)CC[C@@H]3CN(Cc4ccccc4)CC[C@@H]32)cc1. The standard InChI is InChI=1S/C24H30N2O2/c1-28-22-10-7-19(8-11-22)13-16-26-23-14-15-25(17-20-5-3-2-4-6-20)18-21(23)9-12-24(26)27/h2-8,10-11,21,23H,9,12-18H2,1H3/t21-,23+/m1/s1. The fraction of sp³-hybridized carbons (Fsp3) is 0.458. The molecule has 0 N–H and O–H groups in total. The molecule has 0 saturated carbocycles. The summed E-state index contributed by atoms with van der Waals surface area (Å²) in [4.78, 5) is 17.4. The highest BCUT2D eigenvalue weighted by molar-refractivity contribution is 5.77. The number of hydrogen-bond donors (Lipinski definition) is 0. The normalized spacial score (nSPS) is 22.8. The van der Waals surface area contributed by atoms with E-state index in [1.54, 1.807) is 7.11 Å². The number of carbonyl (C=O) groups excluding carboxylic acids is 1. The quantitative estimate of drug-likeness (QED) is 0.767. The number of hydrogen-bond acceptors (Lipinski definition) is 3. The van der Waals surface area contributed by atoms with E-state index in [1.807, 2.05) is 12.1 Å². The van der Waals surface area contributed by atoms with E-state index < -0.39 is 0 Å². The van der Waals surface area contributed by atoms with Gasteiger partial charge in [0, 0.05) is 38.6 Å². The zero-order valence-corrected chi connectivity index (χ0v) is 16.7. The Bertz CT molecular complexity index is 775. The smallest absolute Gasteiger partial charge is 0.222 e. The summed E-state index contributed by atoms with van der Waals surface area (Å²) in [5.41, 5.74) is 2.64. The van der Waals surface area contributed by atoms with Gasteiger partial charge in [0.1, 0.15) is 5.75 Å². The number of carbonyl (C=O) groups is 1. The third kappa shape index (κ3) is 4.39. The minimum atomic E-state index is 0.339. The van der Waals surface area contributed by atoms with E-state index in [0.717, 1.165) is 51.2 Å². The molecule has 2 aromatic carbocycles. The first-order chi connectivity index (χ1) is 13.7. The molecule has 28 heavy (non-hydrogen) atoms. The van der Waals surface area contributed by atoms with E-state index in [0.29, 0.717) is 24.3 Å². The fourth-order valence-corrected chi connectivity index (χ4v) is 4.74. The topological polar surface area (TPSA) is 32.8 Å². The van der Waals surface area contributed by atoms with Crippen LogP contribution >= 0.6 is 0 Å². The van der Waals surface area contributed by atoms with Crippen LogP contribution in [-0.4, -0.2) is 48.5 Å². The van der Waals surface area contributed by atoms with Crippen molar-refractivity contribution in [3.05, 3.63) is 65.7 Å². The van der Waals surface area contributed by atoms with Crippen molar-refractivity contribution in [2.24, 2.45) is 5.92 Å². The lowest BCUT2D eigenvalue weighted by molar-refractivity contribution is -0.141. The zero-order valence-electron chi connectivity index (χ0n) is 16.7. The lowest BCUT2D eigenvalue weighted by Crippen LogP contribution is -2.56. The first-order valence-electron chi connectivity index (χ1n) is 10.4. The van der Waals surface area contributed by atoms with E-state index in [-0.39, 0.29) is 0 Å². The molecule has 2 aromatic rings. The van der Waals surface area contributed by atoms with Gasteiger partial charge in [-0.3, -0.25) is 9.69 Å². The van der Waals surface area contributed by atoms with Crippen LogP contribution in [0.3, 0.4) is 0 Å². The molecule has 0 aromatic heterocycles. The van der Waals surface area contributed by atoms with Crippen LogP contribution in [0.15, 0.2) is 54.6 Å². The predicted molar refractivity (Wildman–Crippen MR) is 111 cm³/mol. The number of fused-ring (bicyclic) bond motifs is 1. The van der Waals surface area contributed by atoms with Crippen molar-refractivity contribution in [3.63, 3.8) is 0 Å². The number of amides is 1. The molecule has 4 rings (SSSR count). The van der Waals surface area contributed by atoms with E-state index in [1.165, 1.54) is 11.1 Å². The van der Waals surface area contributed by atoms with Gasteiger partial charge in [-0.25, -0.2) is 0 Å². The lowest BCUT2D eigenvalue weighted by Gasteiger charge is -2.47. The molecule has 0 aliphatic carbocycles. The second kappa shape index (κ2) is 8.78. The van der Waals surface area contributed by atoms with Crippen LogP contribution in [0.25, 0.3) is 0 Å². The van der Waals surface area contributed by atoms with Crippen LogP contribution < -0.4 is 4.74 Å². The molecule has 4 nitrogen and oxygen atoms in total. The summed E-state index contributed by atoms with van der Waals surface area (Å²) in [5.74, 6) is 1.82. The summed E-state index contributed by atoms with van der Waals surface area (Å²) >= 11 is 0. The number of benzene rings is 2. The van der Waals surface area contributed by atoms with Gasteiger partial charge in [-0.2, -0.15) is 0 Å². The van der Waals surface area contributed by atoms with Gasteiger partial charge in [0.15, 0.2) is 0 Å². The fourth-order valence-electron chi connectivity index (χ4n) is 4.74. The maximum absolute atomic E-state index is 12.6. The molecule has 0 bridgehead atoms. The maximum Gasteiger partial charge on any atom is 0.222 e. The molecule has 2 aliphatic heterocycles. The highest BCUT2D eigenvalue weighted by Gasteiger charge is 2.38. The molecule has 2 saturated heterocycles. The van der Waals surface area contributed by atoms with Gasteiger partial charge >= 0.3 is 0 Å². The van der Waals surface area contributed by atoms with Crippen LogP contribution in [0.4, 0.5) is 0 Å². The van der Waals surface area contributed by atoms with Gasteiger partial charge in [-0.05, 0) is 48.4 Å². The second-order valence-corrected chi connectivity index (χ2v) is 8.06. The number of methoxy groups -OCH3 is 1. The van der Waals surface area contributed by atoms with E-state index in [2.05, 4.69) is 52.3 Å². The molecule has 148 valence electrons. The third-order valence-corrected chi connectivity index (χ3v) is 6.28. The Kier molecular flexibility index (Phi) is 5.96. The van der Waals surface area contributed by atoms with Crippen LogP contribution in [-0.2, 0) is 17.8 Å². The lowest BCUT2D eigenvalue weighted by atomic mass is 9.83. The van der Waals surface area contributed by atoms with Crippen molar-refractivity contribution < 1.29 is 9.53 Å². The van der Waals surface area contributed by atoms with Crippen LogP contribution in [0.1, 0.15) is 30.4 Å². The van der Waals surface area contributed by atoms with Gasteiger partial charge < -0.3 is 9.64 Å². The van der Waals surface area contributed by atoms with Gasteiger partial charge in [-0.15, -0.1) is 0 Å². The van der Waals surface area contributed by atoms with E-state index in [4.69, 9.17) is 4.74 Å². The van der Waals surface area contributed by atoms with E-state index >= 15 is 0 Å². The number of piperidine rings is 2. The Morgan fingerprint density at radius 1 is 1.00 bits per heavy atom. The summed E-state index contributed by atoms with van der Waals surface area (Å²) in [7, 11) is 1.69. The van der Waals surface area contributed by atoms with Gasteiger partial charge in [-0.1, -0.05) is 42.5 Å². The van der Waals surface area contributed by atoms with Crippen molar-refractivity contribution in [3.8, 4) is 5.75 Å². The van der Waals surface area contributed by atoms with Crippen LogP contribution in [0.5, 0.6) is 5.75 Å². The number of ether oxygens (including phenoxy) is 1. The molecule has 2 aliphatic rings. The average molecular weight is 379 g/mol. The molecule has 0 radical (unpaired) electrons. The monoisotopic (exact) mass is 378 g/mol. The minimum Gasteiger partial charge on any atom is -0.497 e. The summed E-state index contributed by atoms with van der Waals surface area (Å²) in [6.45, 7) is 4.02.